The first-order chi connectivity index (χ1) is 6.29. The molecular formula is C12H17N. The Morgan fingerprint density at radius 2 is 2.23 bits per heavy atom. The third-order valence-corrected chi connectivity index (χ3v) is 2.90. The minimum Gasteiger partial charge on any atom is -0.310 e. The van der Waals surface area contributed by atoms with Gasteiger partial charge in [0.2, 0.25) is 0 Å². The summed E-state index contributed by atoms with van der Waals surface area (Å²) in [4.78, 5) is 0. The molecule has 0 aromatic heterocycles. The number of aryl methyl sites for hydroxylation is 1. The lowest BCUT2D eigenvalue weighted by Crippen LogP contribution is -2.34. The van der Waals surface area contributed by atoms with E-state index in [1.807, 2.05) is 0 Å². The normalized spacial score (nSPS) is 21.2. The third-order valence-electron chi connectivity index (χ3n) is 2.90. The monoisotopic (exact) mass is 175 g/mol. The number of nitrogens with one attached hydrogen (secondary N) is 1. The highest BCUT2D eigenvalue weighted by molar-refractivity contribution is 5.33. The Labute approximate surface area is 80.2 Å². The Morgan fingerprint density at radius 1 is 1.38 bits per heavy atom. The first-order valence-corrected chi connectivity index (χ1v) is 5.11. The van der Waals surface area contributed by atoms with Crippen molar-refractivity contribution in [3.05, 3.63) is 34.9 Å². The zero-order valence-electron chi connectivity index (χ0n) is 8.43. The lowest BCUT2D eigenvalue weighted by molar-refractivity contribution is 0.467. The summed E-state index contributed by atoms with van der Waals surface area (Å²) < 4.78 is 0. The molecule has 1 aromatic carbocycles. The minimum absolute atomic E-state index is 0.690. The van der Waals surface area contributed by atoms with Gasteiger partial charge in [-0.05, 0) is 30.9 Å². The van der Waals surface area contributed by atoms with E-state index in [-0.39, 0.29) is 0 Å². The van der Waals surface area contributed by atoms with Gasteiger partial charge in [-0.2, -0.15) is 0 Å². The van der Waals surface area contributed by atoms with Crippen molar-refractivity contribution in [1.29, 1.82) is 0 Å². The average Bonchev–Trinajstić information content (AvgIpc) is 2.17. The van der Waals surface area contributed by atoms with E-state index in [4.69, 9.17) is 0 Å². The van der Waals surface area contributed by atoms with E-state index in [2.05, 4.69) is 37.4 Å². The highest BCUT2D eigenvalue weighted by Crippen LogP contribution is 2.19. The van der Waals surface area contributed by atoms with Crippen molar-refractivity contribution in [2.45, 2.75) is 39.3 Å². The molecule has 1 N–H and O–H groups in total. The zero-order valence-corrected chi connectivity index (χ0v) is 8.43. The molecule has 0 saturated carbocycles. The van der Waals surface area contributed by atoms with E-state index in [1.165, 1.54) is 29.5 Å². The van der Waals surface area contributed by atoms with Crippen LogP contribution in [0, 0.1) is 6.92 Å². The molecule has 0 saturated heterocycles. The Morgan fingerprint density at radius 3 is 3.00 bits per heavy atom. The molecule has 1 atom stereocenters. The van der Waals surface area contributed by atoms with Crippen LogP contribution in [0.3, 0.4) is 0 Å². The quantitative estimate of drug-likeness (QED) is 0.691. The van der Waals surface area contributed by atoms with Gasteiger partial charge in [0.05, 0.1) is 0 Å². The molecule has 13 heavy (non-hydrogen) atoms. The fourth-order valence-corrected chi connectivity index (χ4v) is 2.00. The van der Waals surface area contributed by atoms with Gasteiger partial charge in [0, 0.05) is 12.6 Å². The molecule has 0 radical (unpaired) electrons. The second-order valence-corrected chi connectivity index (χ2v) is 3.96. The fourth-order valence-electron chi connectivity index (χ4n) is 2.00. The largest absolute Gasteiger partial charge is 0.310 e. The molecule has 1 aliphatic rings. The molecule has 0 bridgehead atoms. The van der Waals surface area contributed by atoms with Gasteiger partial charge in [0.15, 0.2) is 0 Å². The fraction of sp³-hybridized carbons (Fsp3) is 0.500. The summed E-state index contributed by atoms with van der Waals surface area (Å²) in [6, 6.07) is 7.49. The van der Waals surface area contributed by atoms with Crippen LogP contribution in [-0.4, -0.2) is 6.04 Å². The van der Waals surface area contributed by atoms with E-state index < -0.39 is 0 Å². The Hall–Kier alpha value is -0.820. The predicted molar refractivity (Wildman–Crippen MR) is 55.8 cm³/mol. The molecule has 1 nitrogen and oxygen atoms in total. The summed E-state index contributed by atoms with van der Waals surface area (Å²) in [5, 5.41) is 3.55. The third kappa shape index (κ3) is 1.75. The summed E-state index contributed by atoms with van der Waals surface area (Å²) >= 11 is 0. The standard InChI is InChI=1S/C12H17N/c1-3-12-7-10-5-4-9(2)6-11(10)8-13-12/h4-6,12-13H,3,7-8H2,1-2H3. The Bertz CT molecular complexity index is 304. The van der Waals surface area contributed by atoms with Crippen LogP contribution in [0.1, 0.15) is 30.0 Å². The van der Waals surface area contributed by atoms with Gasteiger partial charge in [-0.3, -0.25) is 0 Å². The SMILES string of the molecule is CCC1Cc2ccc(C)cc2CN1. The van der Waals surface area contributed by atoms with Crippen LogP contribution < -0.4 is 5.32 Å². The maximum Gasteiger partial charge on any atom is 0.0211 e. The van der Waals surface area contributed by atoms with Crippen LogP contribution in [-0.2, 0) is 13.0 Å². The van der Waals surface area contributed by atoms with Gasteiger partial charge in [0.25, 0.3) is 0 Å². The van der Waals surface area contributed by atoms with Crippen molar-refractivity contribution in [3.8, 4) is 0 Å². The van der Waals surface area contributed by atoms with Gasteiger partial charge in [-0.25, -0.2) is 0 Å². The molecule has 70 valence electrons. The van der Waals surface area contributed by atoms with Gasteiger partial charge in [0.1, 0.15) is 0 Å². The van der Waals surface area contributed by atoms with E-state index in [0.29, 0.717) is 6.04 Å². The average molecular weight is 175 g/mol. The second kappa shape index (κ2) is 3.51. The molecule has 0 amide bonds. The number of rotatable bonds is 1. The van der Waals surface area contributed by atoms with Crippen LogP contribution in [0.2, 0.25) is 0 Å². The number of hydrogen-bond acceptors (Lipinski definition) is 1. The van der Waals surface area contributed by atoms with Crippen LogP contribution in [0.25, 0.3) is 0 Å². The van der Waals surface area contributed by atoms with Crippen molar-refractivity contribution in [1.82, 2.24) is 5.32 Å². The maximum absolute atomic E-state index is 3.55. The smallest absolute Gasteiger partial charge is 0.0211 e. The van der Waals surface area contributed by atoms with Crippen molar-refractivity contribution < 1.29 is 0 Å². The molecule has 1 aromatic rings. The molecule has 1 heterocycles. The summed E-state index contributed by atoms with van der Waals surface area (Å²) in [7, 11) is 0. The molecule has 2 rings (SSSR count). The molecule has 0 fully saturated rings. The first-order valence-electron chi connectivity index (χ1n) is 5.11. The minimum atomic E-state index is 0.690. The Balaban J connectivity index is 2.26. The van der Waals surface area contributed by atoms with E-state index in [9.17, 15) is 0 Å². The maximum atomic E-state index is 3.55. The highest BCUT2D eigenvalue weighted by Gasteiger charge is 2.15. The van der Waals surface area contributed by atoms with Crippen molar-refractivity contribution in [3.63, 3.8) is 0 Å². The Kier molecular flexibility index (Phi) is 2.36. The van der Waals surface area contributed by atoms with Gasteiger partial charge >= 0.3 is 0 Å². The lowest BCUT2D eigenvalue weighted by Gasteiger charge is -2.25. The van der Waals surface area contributed by atoms with Crippen LogP contribution in [0.15, 0.2) is 18.2 Å². The van der Waals surface area contributed by atoms with Crippen LogP contribution >= 0.6 is 0 Å². The predicted octanol–water partition coefficient (Wildman–Crippen LogP) is 2.42. The van der Waals surface area contributed by atoms with Gasteiger partial charge < -0.3 is 5.32 Å². The molecule has 1 heteroatoms. The second-order valence-electron chi connectivity index (χ2n) is 3.96. The lowest BCUT2D eigenvalue weighted by atomic mass is 9.93. The highest BCUT2D eigenvalue weighted by atomic mass is 14.9. The van der Waals surface area contributed by atoms with E-state index in [0.717, 1.165) is 6.54 Å². The van der Waals surface area contributed by atoms with Crippen LogP contribution in [0.5, 0.6) is 0 Å². The molecular weight excluding hydrogens is 158 g/mol. The van der Waals surface area contributed by atoms with Crippen LogP contribution in [0.4, 0.5) is 0 Å². The zero-order chi connectivity index (χ0) is 9.26. The van der Waals surface area contributed by atoms with E-state index >= 15 is 0 Å². The van der Waals surface area contributed by atoms with Crippen molar-refractivity contribution >= 4 is 0 Å². The molecule has 1 aliphatic heterocycles. The number of benzene rings is 1. The van der Waals surface area contributed by atoms with Gasteiger partial charge in [-0.1, -0.05) is 30.7 Å². The summed E-state index contributed by atoms with van der Waals surface area (Å²) in [6.07, 6.45) is 2.43. The number of fused-ring (bicyclic) bond motifs is 1. The topological polar surface area (TPSA) is 12.0 Å². The summed E-state index contributed by atoms with van der Waals surface area (Å²) in [5.41, 5.74) is 4.40. The summed E-state index contributed by atoms with van der Waals surface area (Å²) in [5.74, 6) is 0. The van der Waals surface area contributed by atoms with Crippen molar-refractivity contribution in [2.24, 2.45) is 0 Å². The van der Waals surface area contributed by atoms with E-state index in [1.54, 1.807) is 0 Å². The molecule has 0 spiro atoms. The first kappa shape index (κ1) is 8.76. The number of hydrogen-bond donors (Lipinski definition) is 1. The van der Waals surface area contributed by atoms with Crippen molar-refractivity contribution in [2.75, 3.05) is 0 Å². The molecule has 0 aliphatic carbocycles. The molecule has 1 unspecified atom stereocenters. The van der Waals surface area contributed by atoms with Gasteiger partial charge in [-0.15, -0.1) is 0 Å². The summed E-state index contributed by atoms with van der Waals surface area (Å²) in [6.45, 7) is 5.46.